The fraction of sp³-hybridized carbons (Fsp3) is 0.667. The summed E-state index contributed by atoms with van der Waals surface area (Å²) in [6.07, 6.45) is 5.15. The Hall–Kier alpha value is -1.09. The summed E-state index contributed by atoms with van der Waals surface area (Å²) >= 11 is 0. The number of aliphatic hydroxyl groups is 1. The van der Waals surface area contributed by atoms with E-state index < -0.39 is 12.1 Å². The maximum absolute atomic E-state index is 11.1. The normalized spacial score (nSPS) is 39.7. The molecular weight excluding hydrogens is 228 g/mol. The molecule has 0 heterocycles. The highest BCUT2D eigenvalue weighted by Crippen LogP contribution is 2.53. The second-order valence-corrected chi connectivity index (χ2v) is 6.04. The molecule has 100 valence electrons. The van der Waals surface area contributed by atoms with E-state index in [2.05, 4.69) is 26.5 Å². The van der Waals surface area contributed by atoms with Crippen molar-refractivity contribution in [1.29, 1.82) is 0 Å². The van der Waals surface area contributed by atoms with Gasteiger partial charge in [-0.3, -0.25) is 0 Å². The van der Waals surface area contributed by atoms with Crippen molar-refractivity contribution >= 4 is 5.97 Å². The predicted molar refractivity (Wildman–Crippen MR) is 70.1 cm³/mol. The molecule has 1 saturated carbocycles. The van der Waals surface area contributed by atoms with Gasteiger partial charge >= 0.3 is 5.97 Å². The van der Waals surface area contributed by atoms with Gasteiger partial charge in [0, 0.05) is 11.5 Å². The molecule has 0 aromatic carbocycles. The van der Waals surface area contributed by atoms with Gasteiger partial charge in [-0.15, -0.1) is 0 Å². The highest BCUT2D eigenvalue weighted by Gasteiger charge is 2.46. The van der Waals surface area contributed by atoms with E-state index in [4.69, 9.17) is 5.11 Å². The minimum absolute atomic E-state index is 0.0283. The number of carbonyl (C=O) groups is 1. The SMILES string of the molecule is C=C(C(=O)O)[C@H]1C[C@@]2(C)C(=CCC[C@@H]2C)C[C@@H]1O. The quantitative estimate of drug-likeness (QED) is 0.585. The number of rotatable bonds is 2. The van der Waals surface area contributed by atoms with Crippen LogP contribution in [0.4, 0.5) is 0 Å². The molecule has 0 unspecified atom stereocenters. The van der Waals surface area contributed by atoms with Gasteiger partial charge in [0.15, 0.2) is 0 Å². The molecule has 2 N–H and O–H groups in total. The number of hydrogen-bond donors (Lipinski definition) is 2. The molecule has 0 amide bonds. The van der Waals surface area contributed by atoms with Gasteiger partial charge in [-0.1, -0.05) is 32.1 Å². The van der Waals surface area contributed by atoms with Crippen LogP contribution >= 0.6 is 0 Å². The number of aliphatic carboxylic acids is 1. The fourth-order valence-electron chi connectivity index (χ4n) is 3.50. The zero-order chi connectivity index (χ0) is 13.5. The van der Waals surface area contributed by atoms with E-state index in [0.29, 0.717) is 18.8 Å². The second kappa shape index (κ2) is 4.54. The summed E-state index contributed by atoms with van der Waals surface area (Å²) in [6.45, 7) is 8.08. The van der Waals surface area contributed by atoms with Crippen LogP contribution in [0, 0.1) is 17.3 Å². The highest BCUT2D eigenvalue weighted by atomic mass is 16.4. The van der Waals surface area contributed by atoms with Gasteiger partial charge in [-0.25, -0.2) is 4.79 Å². The molecule has 2 aliphatic carbocycles. The summed E-state index contributed by atoms with van der Waals surface area (Å²) in [7, 11) is 0. The molecule has 0 aromatic heterocycles. The molecule has 0 saturated heterocycles. The summed E-state index contributed by atoms with van der Waals surface area (Å²) in [5.41, 5.74) is 1.49. The predicted octanol–water partition coefficient (Wildman–Crippen LogP) is 2.76. The van der Waals surface area contributed by atoms with Crippen molar-refractivity contribution in [3.8, 4) is 0 Å². The Morgan fingerprint density at radius 2 is 2.22 bits per heavy atom. The lowest BCUT2D eigenvalue weighted by molar-refractivity contribution is -0.134. The van der Waals surface area contributed by atoms with Crippen molar-refractivity contribution in [3.63, 3.8) is 0 Å². The topological polar surface area (TPSA) is 57.5 Å². The third-order valence-electron chi connectivity index (χ3n) is 5.07. The van der Waals surface area contributed by atoms with Gasteiger partial charge in [0.2, 0.25) is 0 Å². The van der Waals surface area contributed by atoms with Gasteiger partial charge in [0.1, 0.15) is 0 Å². The number of aliphatic hydroxyl groups excluding tert-OH is 1. The van der Waals surface area contributed by atoms with Crippen LogP contribution in [-0.4, -0.2) is 22.3 Å². The highest BCUT2D eigenvalue weighted by molar-refractivity contribution is 5.86. The summed E-state index contributed by atoms with van der Waals surface area (Å²) in [5.74, 6) is -0.766. The van der Waals surface area contributed by atoms with Gasteiger partial charge in [0.05, 0.1) is 6.10 Å². The average Bonchev–Trinajstić information content (AvgIpc) is 2.30. The molecule has 3 nitrogen and oxygen atoms in total. The van der Waals surface area contributed by atoms with Crippen molar-refractivity contribution in [3.05, 3.63) is 23.8 Å². The van der Waals surface area contributed by atoms with Crippen molar-refractivity contribution in [2.24, 2.45) is 17.3 Å². The molecule has 4 atom stereocenters. The molecule has 2 aliphatic rings. The number of carboxylic acids is 1. The smallest absolute Gasteiger partial charge is 0.331 e. The van der Waals surface area contributed by atoms with Crippen LogP contribution in [0.2, 0.25) is 0 Å². The number of hydrogen-bond acceptors (Lipinski definition) is 2. The van der Waals surface area contributed by atoms with Gasteiger partial charge < -0.3 is 10.2 Å². The summed E-state index contributed by atoms with van der Waals surface area (Å²) in [5, 5.41) is 19.2. The van der Waals surface area contributed by atoms with Crippen molar-refractivity contribution in [2.45, 2.75) is 45.6 Å². The average molecular weight is 250 g/mol. The van der Waals surface area contributed by atoms with Crippen LogP contribution in [0.5, 0.6) is 0 Å². The Balaban J connectivity index is 2.29. The van der Waals surface area contributed by atoms with Gasteiger partial charge in [0.25, 0.3) is 0 Å². The van der Waals surface area contributed by atoms with E-state index in [1.165, 1.54) is 5.57 Å². The Kier molecular flexibility index (Phi) is 3.37. The van der Waals surface area contributed by atoms with E-state index in [1.807, 2.05) is 0 Å². The van der Waals surface area contributed by atoms with Crippen LogP contribution in [-0.2, 0) is 4.79 Å². The Morgan fingerprint density at radius 1 is 1.56 bits per heavy atom. The van der Waals surface area contributed by atoms with E-state index in [-0.39, 0.29) is 16.9 Å². The van der Waals surface area contributed by atoms with Crippen LogP contribution < -0.4 is 0 Å². The first-order valence-corrected chi connectivity index (χ1v) is 6.66. The standard InChI is InChI=1S/C15H22O3/c1-9-5-4-6-11-7-13(16)12(8-15(9,11)3)10(2)14(17)18/h6,9,12-13,16H,2,4-5,7-8H2,1,3H3,(H,17,18)/t9-,12+,13-,15+/m0/s1. The third kappa shape index (κ3) is 2.01. The summed E-state index contributed by atoms with van der Waals surface area (Å²) < 4.78 is 0. The maximum Gasteiger partial charge on any atom is 0.331 e. The van der Waals surface area contributed by atoms with E-state index >= 15 is 0 Å². The molecule has 0 aliphatic heterocycles. The van der Waals surface area contributed by atoms with Crippen LogP contribution in [0.3, 0.4) is 0 Å². The maximum atomic E-state index is 11.1. The molecule has 3 heteroatoms. The molecular formula is C15H22O3. The molecule has 0 radical (unpaired) electrons. The first-order chi connectivity index (χ1) is 8.36. The first kappa shape index (κ1) is 13.3. The molecule has 18 heavy (non-hydrogen) atoms. The van der Waals surface area contributed by atoms with Gasteiger partial charge in [-0.2, -0.15) is 0 Å². The lowest BCUT2D eigenvalue weighted by Gasteiger charge is -2.49. The monoisotopic (exact) mass is 250 g/mol. The first-order valence-electron chi connectivity index (χ1n) is 6.66. The minimum atomic E-state index is -0.987. The third-order valence-corrected chi connectivity index (χ3v) is 5.07. The largest absolute Gasteiger partial charge is 0.478 e. The lowest BCUT2D eigenvalue weighted by atomic mass is 9.57. The second-order valence-electron chi connectivity index (χ2n) is 6.04. The number of carboxylic acid groups (broad SMARTS) is 1. The van der Waals surface area contributed by atoms with Crippen LogP contribution in [0.25, 0.3) is 0 Å². The van der Waals surface area contributed by atoms with Crippen LogP contribution in [0.1, 0.15) is 39.5 Å². The lowest BCUT2D eigenvalue weighted by Crippen LogP contribution is -2.43. The van der Waals surface area contributed by atoms with E-state index in [1.54, 1.807) is 0 Å². The van der Waals surface area contributed by atoms with Crippen LogP contribution in [0.15, 0.2) is 23.8 Å². The van der Waals surface area contributed by atoms with Crippen molar-refractivity contribution in [1.82, 2.24) is 0 Å². The fourth-order valence-corrected chi connectivity index (χ4v) is 3.50. The van der Waals surface area contributed by atoms with Crippen molar-refractivity contribution < 1.29 is 15.0 Å². The molecule has 0 spiro atoms. The van der Waals surface area contributed by atoms with E-state index in [0.717, 1.165) is 12.8 Å². The zero-order valence-corrected chi connectivity index (χ0v) is 11.1. The molecule has 0 aromatic rings. The van der Waals surface area contributed by atoms with Gasteiger partial charge in [-0.05, 0) is 37.0 Å². The van der Waals surface area contributed by atoms with E-state index in [9.17, 15) is 9.90 Å². The Labute approximate surface area is 108 Å². The summed E-state index contributed by atoms with van der Waals surface area (Å²) in [4.78, 5) is 11.1. The zero-order valence-electron chi connectivity index (χ0n) is 11.1. The Morgan fingerprint density at radius 3 is 2.83 bits per heavy atom. The molecule has 1 fully saturated rings. The minimum Gasteiger partial charge on any atom is -0.478 e. The summed E-state index contributed by atoms with van der Waals surface area (Å²) in [6, 6.07) is 0. The molecule has 2 rings (SSSR count). The van der Waals surface area contributed by atoms with Crippen molar-refractivity contribution in [2.75, 3.05) is 0 Å². The number of allylic oxidation sites excluding steroid dienone is 1. The number of fused-ring (bicyclic) bond motifs is 1. The Bertz CT molecular complexity index is 410. The molecule has 0 bridgehead atoms.